The molecule has 0 spiro atoms. The number of hydrogen-bond donors (Lipinski definition) is 1. The summed E-state index contributed by atoms with van der Waals surface area (Å²) in [4.78, 5) is 2.10. The molecule has 0 bridgehead atoms. The SMILES string of the molecule is FC(F)(F)c1cc(CCN2CCNC[C@@H]2c2ccccc2)cc(C(F)(F)F)c1. The van der Waals surface area contributed by atoms with Crippen LogP contribution in [0.3, 0.4) is 0 Å². The summed E-state index contributed by atoms with van der Waals surface area (Å²) in [5.41, 5.74) is -1.43. The van der Waals surface area contributed by atoms with Gasteiger partial charge in [0.15, 0.2) is 0 Å². The van der Waals surface area contributed by atoms with E-state index in [1.54, 1.807) is 0 Å². The molecule has 152 valence electrons. The van der Waals surface area contributed by atoms with Crippen molar-refractivity contribution < 1.29 is 26.3 Å². The molecule has 1 fully saturated rings. The predicted octanol–water partition coefficient (Wildman–Crippen LogP) is 4.91. The maximum absolute atomic E-state index is 13.0. The van der Waals surface area contributed by atoms with E-state index in [2.05, 4.69) is 10.2 Å². The van der Waals surface area contributed by atoms with Crippen LogP contribution < -0.4 is 5.32 Å². The fraction of sp³-hybridized carbons (Fsp3) is 0.400. The van der Waals surface area contributed by atoms with Crippen molar-refractivity contribution in [2.24, 2.45) is 0 Å². The summed E-state index contributed by atoms with van der Waals surface area (Å²) in [6.07, 6.45) is -9.54. The van der Waals surface area contributed by atoms with Crippen molar-refractivity contribution in [1.82, 2.24) is 10.2 Å². The summed E-state index contributed by atoms with van der Waals surface area (Å²) in [5, 5.41) is 3.28. The van der Waals surface area contributed by atoms with Crippen LogP contribution in [-0.4, -0.2) is 31.1 Å². The van der Waals surface area contributed by atoms with Gasteiger partial charge in [-0.1, -0.05) is 30.3 Å². The number of hydrogen-bond acceptors (Lipinski definition) is 2. The Bertz CT molecular complexity index is 753. The second kappa shape index (κ2) is 8.13. The van der Waals surface area contributed by atoms with Gasteiger partial charge in [0, 0.05) is 32.2 Å². The van der Waals surface area contributed by atoms with Gasteiger partial charge < -0.3 is 5.32 Å². The molecule has 2 aromatic carbocycles. The van der Waals surface area contributed by atoms with Crippen molar-refractivity contribution in [2.75, 3.05) is 26.2 Å². The molecule has 0 amide bonds. The molecule has 1 aliphatic rings. The highest BCUT2D eigenvalue weighted by Crippen LogP contribution is 2.36. The molecule has 0 saturated carbocycles. The minimum atomic E-state index is -4.82. The zero-order valence-corrected chi connectivity index (χ0v) is 14.9. The second-order valence-corrected chi connectivity index (χ2v) is 6.83. The molecule has 0 unspecified atom stereocenters. The van der Waals surface area contributed by atoms with E-state index in [4.69, 9.17) is 0 Å². The molecule has 1 N–H and O–H groups in total. The molecular weight excluding hydrogens is 382 g/mol. The Morgan fingerprint density at radius 2 is 1.50 bits per heavy atom. The first-order valence-corrected chi connectivity index (χ1v) is 8.92. The van der Waals surface area contributed by atoms with E-state index < -0.39 is 23.5 Å². The Morgan fingerprint density at radius 3 is 2.07 bits per heavy atom. The standard InChI is InChI=1S/C20H20F6N2/c21-19(22,23)16-10-14(11-17(12-16)20(24,25)26)6-8-28-9-7-27-13-18(28)15-4-2-1-3-5-15/h1-5,10-12,18,27H,6-9,13H2/t18-/m1/s1. The third-order valence-electron chi connectivity index (χ3n) is 4.87. The van der Waals surface area contributed by atoms with E-state index in [0.717, 1.165) is 24.2 Å². The van der Waals surface area contributed by atoms with E-state index in [-0.39, 0.29) is 24.1 Å². The molecular formula is C20H20F6N2. The summed E-state index contributed by atoms with van der Waals surface area (Å²) in [6, 6.07) is 11.5. The molecule has 8 heteroatoms. The molecule has 1 saturated heterocycles. The minimum Gasteiger partial charge on any atom is -0.314 e. The van der Waals surface area contributed by atoms with Crippen LogP contribution in [0.25, 0.3) is 0 Å². The number of nitrogens with one attached hydrogen (secondary N) is 1. The molecule has 1 heterocycles. The minimum absolute atomic E-state index is 0.0304. The fourth-order valence-electron chi connectivity index (χ4n) is 3.45. The van der Waals surface area contributed by atoms with Gasteiger partial charge in [-0.25, -0.2) is 0 Å². The van der Waals surface area contributed by atoms with Gasteiger partial charge in [0.1, 0.15) is 0 Å². The van der Waals surface area contributed by atoms with Gasteiger partial charge in [-0.3, -0.25) is 4.90 Å². The number of halogens is 6. The Hall–Kier alpha value is -2.06. The van der Waals surface area contributed by atoms with Crippen LogP contribution in [0.1, 0.15) is 28.3 Å². The molecule has 28 heavy (non-hydrogen) atoms. The lowest BCUT2D eigenvalue weighted by Crippen LogP contribution is -2.46. The van der Waals surface area contributed by atoms with E-state index in [1.807, 2.05) is 30.3 Å². The van der Waals surface area contributed by atoms with E-state index in [9.17, 15) is 26.3 Å². The first-order valence-electron chi connectivity index (χ1n) is 8.92. The van der Waals surface area contributed by atoms with Crippen molar-refractivity contribution in [3.8, 4) is 0 Å². The Balaban J connectivity index is 1.81. The highest BCUT2D eigenvalue weighted by Gasteiger charge is 2.37. The second-order valence-electron chi connectivity index (χ2n) is 6.83. The third-order valence-corrected chi connectivity index (χ3v) is 4.87. The lowest BCUT2D eigenvalue weighted by Gasteiger charge is -2.36. The van der Waals surface area contributed by atoms with Crippen LogP contribution in [0.15, 0.2) is 48.5 Å². The Labute approximate surface area is 159 Å². The fourth-order valence-corrected chi connectivity index (χ4v) is 3.45. The molecule has 0 aromatic heterocycles. The zero-order valence-electron chi connectivity index (χ0n) is 14.9. The van der Waals surface area contributed by atoms with E-state index >= 15 is 0 Å². The third kappa shape index (κ3) is 5.05. The molecule has 0 radical (unpaired) electrons. The summed E-state index contributed by atoms with van der Waals surface area (Å²) in [5.74, 6) is 0. The number of rotatable bonds is 4. The summed E-state index contributed by atoms with van der Waals surface area (Å²) in [6.45, 7) is 2.45. The van der Waals surface area contributed by atoms with Gasteiger partial charge in [0.2, 0.25) is 0 Å². The highest BCUT2D eigenvalue weighted by molar-refractivity contribution is 5.34. The summed E-state index contributed by atoms with van der Waals surface area (Å²) in [7, 11) is 0. The lowest BCUT2D eigenvalue weighted by atomic mass is 10.00. The maximum Gasteiger partial charge on any atom is 0.416 e. The van der Waals surface area contributed by atoms with Gasteiger partial charge in [0.25, 0.3) is 0 Å². The van der Waals surface area contributed by atoms with Crippen molar-refractivity contribution in [3.05, 3.63) is 70.8 Å². The van der Waals surface area contributed by atoms with E-state index in [0.29, 0.717) is 19.6 Å². The van der Waals surface area contributed by atoms with Gasteiger partial charge >= 0.3 is 12.4 Å². The smallest absolute Gasteiger partial charge is 0.314 e. The van der Waals surface area contributed by atoms with Crippen molar-refractivity contribution in [2.45, 2.75) is 24.8 Å². The van der Waals surface area contributed by atoms with Gasteiger partial charge in [-0.2, -0.15) is 26.3 Å². The van der Waals surface area contributed by atoms with Gasteiger partial charge in [0.05, 0.1) is 11.1 Å². The van der Waals surface area contributed by atoms with Crippen LogP contribution in [0, 0.1) is 0 Å². The normalized spacial score (nSPS) is 19.0. The molecule has 2 aromatic rings. The predicted molar refractivity (Wildman–Crippen MR) is 93.8 cm³/mol. The number of nitrogens with zero attached hydrogens (tertiary/aromatic N) is 1. The molecule has 0 aliphatic carbocycles. The Kier molecular flexibility index (Phi) is 6.00. The van der Waals surface area contributed by atoms with Crippen molar-refractivity contribution in [3.63, 3.8) is 0 Å². The van der Waals surface area contributed by atoms with Crippen LogP contribution in [0.5, 0.6) is 0 Å². The highest BCUT2D eigenvalue weighted by atomic mass is 19.4. The van der Waals surface area contributed by atoms with Crippen LogP contribution in [-0.2, 0) is 18.8 Å². The average molecular weight is 402 g/mol. The molecule has 3 rings (SSSR count). The largest absolute Gasteiger partial charge is 0.416 e. The monoisotopic (exact) mass is 402 g/mol. The van der Waals surface area contributed by atoms with Gasteiger partial charge in [-0.15, -0.1) is 0 Å². The quantitative estimate of drug-likeness (QED) is 0.731. The van der Waals surface area contributed by atoms with Gasteiger partial charge in [-0.05, 0) is 35.7 Å². The molecule has 1 atom stereocenters. The first kappa shape index (κ1) is 20.7. The zero-order chi connectivity index (χ0) is 20.4. The van der Waals surface area contributed by atoms with Crippen molar-refractivity contribution >= 4 is 0 Å². The summed E-state index contributed by atoms with van der Waals surface area (Å²) >= 11 is 0. The first-order chi connectivity index (χ1) is 13.1. The number of alkyl halides is 6. The van der Waals surface area contributed by atoms with Crippen LogP contribution in [0.4, 0.5) is 26.3 Å². The lowest BCUT2D eigenvalue weighted by molar-refractivity contribution is -0.143. The topological polar surface area (TPSA) is 15.3 Å². The van der Waals surface area contributed by atoms with Crippen LogP contribution >= 0.6 is 0 Å². The number of piperazine rings is 1. The van der Waals surface area contributed by atoms with Crippen LogP contribution in [0.2, 0.25) is 0 Å². The number of benzene rings is 2. The molecule has 1 aliphatic heterocycles. The van der Waals surface area contributed by atoms with E-state index in [1.165, 1.54) is 0 Å². The van der Waals surface area contributed by atoms with Crippen molar-refractivity contribution in [1.29, 1.82) is 0 Å². The average Bonchev–Trinajstić information content (AvgIpc) is 2.66. The summed E-state index contributed by atoms with van der Waals surface area (Å²) < 4.78 is 78.2. The Morgan fingerprint density at radius 1 is 0.893 bits per heavy atom. The maximum atomic E-state index is 13.0. The molecule has 2 nitrogen and oxygen atoms in total.